The molecule has 0 amide bonds. The maximum atomic E-state index is 14.5. The first-order chi connectivity index (χ1) is 12.1. The molecule has 0 aromatic heterocycles. The lowest BCUT2D eigenvalue weighted by atomic mass is 9.95. The van der Waals surface area contributed by atoms with E-state index in [2.05, 4.69) is 4.90 Å². The van der Waals surface area contributed by atoms with Crippen molar-refractivity contribution in [1.29, 1.82) is 0 Å². The van der Waals surface area contributed by atoms with E-state index >= 15 is 0 Å². The summed E-state index contributed by atoms with van der Waals surface area (Å²) in [7, 11) is 0. The van der Waals surface area contributed by atoms with Crippen molar-refractivity contribution in [3.05, 3.63) is 71.5 Å². The van der Waals surface area contributed by atoms with Gasteiger partial charge in [-0.15, -0.1) is 0 Å². The highest BCUT2D eigenvalue weighted by Crippen LogP contribution is 2.32. The van der Waals surface area contributed by atoms with Gasteiger partial charge in [0.2, 0.25) is 0 Å². The van der Waals surface area contributed by atoms with Crippen LogP contribution in [0.2, 0.25) is 0 Å². The van der Waals surface area contributed by atoms with Gasteiger partial charge in [-0.25, -0.2) is 4.39 Å². The van der Waals surface area contributed by atoms with E-state index in [1.54, 1.807) is 6.07 Å². The van der Waals surface area contributed by atoms with Gasteiger partial charge in [-0.3, -0.25) is 14.6 Å². The summed E-state index contributed by atoms with van der Waals surface area (Å²) in [6.07, 6.45) is 0. The van der Waals surface area contributed by atoms with Gasteiger partial charge >= 0.3 is 5.97 Å². The Hall–Kier alpha value is -2.24. The molecule has 4 nitrogen and oxygen atoms in total. The van der Waals surface area contributed by atoms with E-state index < -0.39 is 5.97 Å². The highest BCUT2D eigenvalue weighted by Gasteiger charge is 2.31. The van der Waals surface area contributed by atoms with Crippen LogP contribution in [0.5, 0.6) is 0 Å². The van der Waals surface area contributed by atoms with Crippen LogP contribution >= 0.6 is 0 Å². The summed E-state index contributed by atoms with van der Waals surface area (Å²) in [5.41, 5.74) is 1.71. The first-order valence-corrected chi connectivity index (χ1v) is 8.55. The second-order valence-electron chi connectivity index (χ2n) is 6.54. The van der Waals surface area contributed by atoms with E-state index in [0.717, 1.165) is 5.56 Å². The number of hydrogen-bond donors (Lipinski definition) is 1. The maximum absolute atomic E-state index is 14.5. The molecule has 0 bridgehead atoms. The molecule has 1 N–H and O–H groups in total. The fraction of sp³-hybridized carbons (Fsp3) is 0.350. The van der Waals surface area contributed by atoms with Crippen molar-refractivity contribution >= 4 is 5.97 Å². The van der Waals surface area contributed by atoms with Gasteiger partial charge in [0.15, 0.2) is 0 Å². The second-order valence-corrected chi connectivity index (χ2v) is 6.54. The van der Waals surface area contributed by atoms with E-state index in [1.165, 1.54) is 6.07 Å². The molecule has 1 aliphatic heterocycles. The third kappa shape index (κ3) is 4.06. The summed E-state index contributed by atoms with van der Waals surface area (Å²) in [5, 5.41) is 9.05. The van der Waals surface area contributed by atoms with Crippen LogP contribution in [0.4, 0.5) is 4.39 Å². The first kappa shape index (κ1) is 17.6. The lowest BCUT2D eigenvalue weighted by molar-refractivity contribution is -0.139. The van der Waals surface area contributed by atoms with Crippen LogP contribution in [-0.4, -0.2) is 53.1 Å². The Bertz CT molecular complexity index is 723. The molecule has 2 atom stereocenters. The lowest BCUT2D eigenvalue weighted by Gasteiger charge is -2.43. The zero-order valence-electron chi connectivity index (χ0n) is 14.3. The van der Waals surface area contributed by atoms with Crippen LogP contribution in [0.3, 0.4) is 0 Å². The molecular formula is C20H23FN2O2. The standard InChI is InChI=1S/C20H23FN2O2/c1-15-13-23(12-11-22(15)14-19(24)25)20(16-7-3-2-4-8-16)17-9-5-6-10-18(17)21/h2-10,15,20H,11-14H2,1H3,(H,24,25)/t15-,20+/m0/s1. The van der Waals surface area contributed by atoms with Crippen LogP contribution in [0.25, 0.3) is 0 Å². The summed E-state index contributed by atoms with van der Waals surface area (Å²) < 4.78 is 14.5. The zero-order chi connectivity index (χ0) is 17.8. The minimum absolute atomic E-state index is 0.0463. The molecule has 0 spiro atoms. The van der Waals surface area contributed by atoms with Gasteiger partial charge in [0, 0.05) is 31.2 Å². The molecule has 25 heavy (non-hydrogen) atoms. The van der Waals surface area contributed by atoms with Gasteiger partial charge in [-0.05, 0) is 18.6 Å². The second kappa shape index (κ2) is 7.76. The Morgan fingerprint density at radius 2 is 1.84 bits per heavy atom. The van der Waals surface area contributed by atoms with Gasteiger partial charge in [0.1, 0.15) is 5.82 Å². The fourth-order valence-electron chi connectivity index (χ4n) is 3.59. The summed E-state index contributed by atoms with van der Waals surface area (Å²) in [6, 6.07) is 16.7. The van der Waals surface area contributed by atoms with Crippen LogP contribution in [0, 0.1) is 5.82 Å². The topological polar surface area (TPSA) is 43.8 Å². The monoisotopic (exact) mass is 342 g/mol. The Kier molecular flexibility index (Phi) is 5.46. The molecule has 1 heterocycles. The number of benzene rings is 2. The number of rotatable bonds is 5. The quantitative estimate of drug-likeness (QED) is 0.907. The first-order valence-electron chi connectivity index (χ1n) is 8.55. The van der Waals surface area contributed by atoms with Crippen molar-refractivity contribution in [3.63, 3.8) is 0 Å². The molecule has 132 valence electrons. The average molecular weight is 342 g/mol. The summed E-state index contributed by atoms with van der Waals surface area (Å²) >= 11 is 0. The molecule has 0 unspecified atom stereocenters. The Balaban J connectivity index is 1.89. The number of piperazine rings is 1. The Morgan fingerprint density at radius 3 is 2.48 bits per heavy atom. The number of aliphatic carboxylic acids is 1. The molecule has 1 fully saturated rings. The predicted molar refractivity (Wildman–Crippen MR) is 94.9 cm³/mol. The lowest BCUT2D eigenvalue weighted by Crippen LogP contribution is -2.54. The normalized spacial score (nSPS) is 20.3. The number of carboxylic acid groups (broad SMARTS) is 1. The summed E-state index contributed by atoms with van der Waals surface area (Å²) in [4.78, 5) is 15.2. The maximum Gasteiger partial charge on any atom is 0.317 e. The number of carbonyl (C=O) groups is 1. The van der Waals surface area contributed by atoms with Crippen LogP contribution in [0.15, 0.2) is 54.6 Å². The van der Waals surface area contributed by atoms with Crippen LogP contribution in [0.1, 0.15) is 24.1 Å². The van der Waals surface area contributed by atoms with Crippen molar-refractivity contribution in [2.45, 2.75) is 19.0 Å². The molecule has 0 aliphatic carbocycles. The van der Waals surface area contributed by atoms with Crippen molar-refractivity contribution in [2.24, 2.45) is 0 Å². The molecule has 1 saturated heterocycles. The van der Waals surface area contributed by atoms with E-state index in [0.29, 0.717) is 25.2 Å². The smallest absolute Gasteiger partial charge is 0.317 e. The predicted octanol–water partition coefficient (Wildman–Crippen LogP) is 3.01. The van der Waals surface area contributed by atoms with E-state index in [4.69, 9.17) is 5.11 Å². The van der Waals surface area contributed by atoms with E-state index in [-0.39, 0.29) is 24.4 Å². The van der Waals surface area contributed by atoms with Crippen molar-refractivity contribution < 1.29 is 14.3 Å². The minimum Gasteiger partial charge on any atom is -0.480 e. The third-order valence-corrected chi connectivity index (χ3v) is 4.82. The Labute approximate surface area is 147 Å². The molecule has 0 saturated carbocycles. The molecule has 3 rings (SSSR count). The highest BCUT2D eigenvalue weighted by atomic mass is 19.1. The number of hydrogen-bond acceptors (Lipinski definition) is 3. The zero-order valence-corrected chi connectivity index (χ0v) is 14.3. The largest absolute Gasteiger partial charge is 0.480 e. The van der Waals surface area contributed by atoms with Gasteiger partial charge in [-0.2, -0.15) is 0 Å². The van der Waals surface area contributed by atoms with Gasteiger partial charge < -0.3 is 5.11 Å². The molecule has 2 aromatic rings. The SMILES string of the molecule is C[C@H]1CN([C@H](c2ccccc2)c2ccccc2F)CCN1CC(=O)O. The summed E-state index contributed by atoms with van der Waals surface area (Å²) in [6.45, 7) is 4.13. The molecule has 2 aromatic carbocycles. The molecule has 1 aliphatic rings. The third-order valence-electron chi connectivity index (χ3n) is 4.82. The van der Waals surface area contributed by atoms with E-state index in [9.17, 15) is 9.18 Å². The van der Waals surface area contributed by atoms with E-state index in [1.807, 2.05) is 54.3 Å². The number of nitrogens with zero attached hydrogens (tertiary/aromatic N) is 2. The number of carboxylic acids is 1. The molecular weight excluding hydrogens is 319 g/mol. The average Bonchev–Trinajstić information content (AvgIpc) is 2.60. The minimum atomic E-state index is -0.811. The number of halogens is 1. The van der Waals surface area contributed by atoms with Crippen molar-refractivity contribution in [2.75, 3.05) is 26.2 Å². The molecule has 0 radical (unpaired) electrons. The highest BCUT2D eigenvalue weighted by molar-refractivity contribution is 5.69. The van der Waals surface area contributed by atoms with Crippen molar-refractivity contribution in [1.82, 2.24) is 9.80 Å². The van der Waals surface area contributed by atoms with Gasteiger partial charge in [-0.1, -0.05) is 48.5 Å². The van der Waals surface area contributed by atoms with Crippen molar-refractivity contribution in [3.8, 4) is 0 Å². The fourth-order valence-corrected chi connectivity index (χ4v) is 3.59. The molecule has 5 heteroatoms. The van der Waals surface area contributed by atoms with Gasteiger partial charge in [0.25, 0.3) is 0 Å². The Morgan fingerprint density at radius 1 is 1.16 bits per heavy atom. The van der Waals surface area contributed by atoms with Crippen LogP contribution < -0.4 is 0 Å². The van der Waals surface area contributed by atoms with Crippen LogP contribution in [-0.2, 0) is 4.79 Å². The summed E-state index contributed by atoms with van der Waals surface area (Å²) in [5.74, 6) is -1.02. The van der Waals surface area contributed by atoms with Gasteiger partial charge in [0.05, 0.1) is 12.6 Å².